The number of nitrogens with zero attached hydrogens (tertiary/aromatic N) is 1. The Hall–Kier alpha value is -0.620. The lowest BCUT2D eigenvalue weighted by atomic mass is 10.0. The monoisotopic (exact) mass is 542 g/mol. The molecule has 0 aromatic carbocycles. The Labute approximate surface area is 237 Å². The van der Waals surface area contributed by atoms with Crippen LogP contribution < -0.4 is 0 Å². The first-order valence-corrected chi connectivity index (χ1v) is 16.8. The number of unbranched alkanes of at least 4 members (excludes halogenated alkanes) is 23. The largest absolute Gasteiger partial charge is 0.396 e. The molecule has 0 radical (unpaired) electrons. The number of rotatable bonds is 33. The van der Waals surface area contributed by atoms with Gasteiger partial charge in [-0.15, -0.1) is 5.23 Å². The molecule has 0 aromatic rings. The van der Waals surface area contributed by atoms with Gasteiger partial charge in [0.05, 0.1) is 19.4 Å². The Morgan fingerprint density at radius 2 is 0.763 bits per heavy atom. The van der Waals surface area contributed by atoms with Crippen LogP contribution in [-0.2, 0) is 9.68 Å². The summed E-state index contributed by atoms with van der Waals surface area (Å²) in [6.45, 7) is 3.34. The molecule has 0 amide bonds. The van der Waals surface area contributed by atoms with E-state index in [-0.39, 0.29) is 13.2 Å². The van der Waals surface area contributed by atoms with Crippen molar-refractivity contribution in [2.24, 2.45) is 0 Å². The summed E-state index contributed by atoms with van der Waals surface area (Å²) in [7, 11) is 0. The molecule has 0 unspecified atom stereocenters. The number of hydrogen-bond donors (Lipinski definition) is 2. The van der Waals surface area contributed by atoms with E-state index in [4.69, 9.17) is 19.9 Å². The second kappa shape index (κ2) is 34.4. The van der Waals surface area contributed by atoms with E-state index in [1.807, 2.05) is 6.20 Å². The van der Waals surface area contributed by atoms with Crippen molar-refractivity contribution in [3.8, 4) is 0 Å². The summed E-state index contributed by atoms with van der Waals surface area (Å²) in [6.07, 6.45) is 38.6. The molecule has 5 nitrogen and oxygen atoms in total. The summed E-state index contributed by atoms with van der Waals surface area (Å²) in [4.78, 5) is 10.9. The van der Waals surface area contributed by atoms with Crippen LogP contribution in [0.4, 0.5) is 0 Å². The normalized spacial score (nSPS) is 11.7. The maximum absolute atomic E-state index is 8.88. The summed E-state index contributed by atoms with van der Waals surface area (Å²) in [6, 6.07) is 0. The maximum atomic E-state index is 8.88. The molecule has 0 aliphatic heterocycles. The molecule has 0 aliphatic carbocycles. The Morgan fingerprint density at radius 3 is 1.08 bits per heavy atom. The molecule has 2 N–H and O–H groups in total. The van der Waals surface area contributed by atoms with Crippen molar-refractivity contribution in [2.45, 2.75) is 174 Å². The Kier molecular flexibility index (Phi) is 33.8. The lowest BCUT2D eigenvalue weighted by Crippen LogP contribution is -2.20. The molecular weight excluding hydrogens is 474 g/mol. The van der Waals surface area contributed by atoms with Crippen LogP contribution in [0.2, 0.25) is 0 Å². The van der Waals surface area contributed by atoms with Crippen LogP contribution in [0.15, 0.2) is 12.3 Å². The molecule has 0 saturated carbocycles. The van der Waals surface area contributed by atoms with Crippen LogP contribution in [-0.4, -0.2) is 41.9 Å². The minimum Gasteiger partial charge on any atom is -0.396 e. The molecule has 0 aromatic heterocycles. The molecule has 0 spiro atoms. The molecule has 0 fully saturated rings. The number of aliphatic hydroxyl groups is 2. The zero-order valence-corrected chi connectivity index (χ0v) is 25.5. The highest BCUT2D eigenvalue weighted by Gasteiger charge is 2.00. The molecule has 0 saturated heterocycles. The quantitative estimate of drug-likeness (QED) is 0.0639. The van der Waals surface area contributed by atoms with Gasteiger partial charge in [0, 0.05) is 13.2 Å². The third-order valence-corrected chi connectivity index (χ3v) is 7.24. The first-order chi connectivity index (χ1) is 18.8. The minimum absolute atomic E-state index is 0.105. The van der Waals surface area contributed by atoms with Gasteiger partial charge in [-0.05, 0) is 25.7 Å². The number of hydrogen-bond acceptors (Lipinski definition) is 5. The maximum Gasteiger partial charge on any atom is 0.0797 e. The van der Waals surface area contributed by atoms with E-state index >= 15 is 0 Å². The average Bonchev–Trinajstić information content (AvgIpc) is 2.93. The molecule has 0 rings (SSSR count). The molecule has 0 aliphatic rings. The lowest BCUT2D eigenvalue weighted by Gasteiger charge is -2.18. The van der Waals surface area contributed by atoms with Crippen molar-refractivity contribution < 1.29 is 19.9 Å². The van der Waals surface area contributed by atoms with Gasteiger partial charge in [0.1, 0.15) is 0 Å². The molecule has 5 heteroatoms. The van der Waals surface area contributed by atoms with Crippen LogP contribution in [0.5, 0.6) is 0 Å². The van der Waals surface area contributed by atoms with Gasteiger partial charge in [-0.1, -0.05) is 154 Å². The van der Waals surface area contributed by atoms with E-state index in [1.54, 1.807) is 0 Å². The average molecular weight is 542 g/mol. The summed E-state index contributed by atoms with van der Waals surface area (Å²) in [5.41, 5.74) is 0. The van der Waals surface area contributed by atoms with E-state index in [1.165, 1.54) is 153 Å². The van der Waals surface area contributed by atoms with Crippen LogP contribution in [0.25, 0.3) is 0 Å². The van der Waals surface area contributed by atoms with E-state index in [2.05, 4.69) is 13.0 Å². The third kappa shape index (κ3) is 31.6. The van der Waals surface area contributed by atoms with Crippen molar-refractivity contribution in [1.82, 2.24) is 5.23 Å². The molecule has 0 atom stereocenters. The topological polar surface area (TPSA) is 62.2 Å². The Bertz CT molecular complexity index is 437. The van der Waals surface area contributed by atoms with E-state index in [0.29, 0.717) is 26.1 Å². The minimum atomic E-state index is 0.105. The summed E-state index contributed by atoms with van der Waals surface area (Å²) < 4.78 is 0. The van der Waals surface area contributed by atoms with Gasteiger partial charge in [0.15, 0.2) is 0 Å². The molecular formula is C33H67NO4. The van der Waals surface area contributed by atoms with Crippen molar-refractivity contribution in [3.63, 3.8) is 0 Å². The fraction of sp³-hybridized carbons (Fsp3) is 0.939. The van der Waals surface area contributed by atoms with Crippen molar-refractivity contribution >= 4 is 0 Å². The van der Waals surface area contributed by atoms with Gasteiger partial charge in [0.2, 0.25) is 0 Å². The highest BCUT2D eigenvalue weighted by atomic mass is 16.9. The van der Waals surface area contributed by atoms with E-state index < -0.39 is 0 Å². The van der Waals surface area contributed by atoms with Gasteiger partial charge in [0.25, 0.3) is 0 Å². The summed E-state index contributed by atoms with van der Waals surface area (Å²) >= 11 is 0. The Morgan fingerprint density at radius 1 is 0.447 bits per heavy atom. The standard InChI is InChI=1S/C33H67NO4/c1-2-3-4-5-6-7-8-9-10-11-12-13-14-15-16-17-18-19-20-21-22-23-24-25-26-29-34(37-32-27-30-35)38-33-28-31-36/h26,29,35-36H,2-25,27-28,30-33H2,1H3. The summed E-state index contributed by atoms with van der Waals surface area (Å²) in [5.74, 6) is 0. The second-order valence-electron chi connectivity index (χ2n) is 11.1. The molecule has 0 bridgehead atoms. The van der Waals surface area contributed by atoms with Gasteiger partial charge < -0.3 is 10.2 Å². The predicted octanol–water partition coefficient (Wildman–Crippen LogP) is 9.81. The fourth-order valence-electron chi connectivity index (χ4n) is 4.77. The first kappa shape index (κ1) is 37.4. The zero-order valence-electron chi connectivity index (χ0n) is 25.5. The Balaban J connectivity index is 3.31. The van der Waals surface area contributed by atoms with Gasteiger partial charge in [-0.25, -0.2) is 9.68 Å². The van der Waals surface area contributed by atoms with Crippen LogP contribution in [0, 0.1) is 0 Å². The van der Waals surface area contributed by atoms with Gasteiger partial charge in [-0.3, -0.25) is 0 Å². The lowest BCUT2D eigenvalue weighted by molar-refractivity contribution is -0.337. The predicted molar refractivity (Wildman–Crippen MR) is 163 cm³/mol. The van der Waals surface area contributed by atoms with Gasteiger partial charge >= 0.3 is 0 Å². The fourth-order valence-corrected chi connectivity index (χ4v) is 4.77. The second-order valence-corrected chi connectivity index (χ2v) is 11.1. The van der Waals surface area contributed by atoms with Crippen LogP contribution in [0.3, 0.4) is 0 Å². The van der Waals surface area contributed by atoms with Crippen molar-refractivity contribution in [1.29, 1.82) is 0 Å². The van der Waals surface area contributed by atoms with Crippen molar-refractivity contribution in [2.75, 3.05) is 26.4 Å². The first-order valence-electron chi connectivity index (χ1n) is 16.8. The zero-order chi connectivity index (χ0) is 27.6. The molecule has 0 heterocycles. The SMILES string of the molecule is CCCCCCCCCCCCCCCCCCCCCCCCCC=CN(OCCCO)OCCCO. The van der Waals surface area contributed by atoms with Crippen LogP contribution >= 0.6 is 0 Å². The molecule has 228 valence electrons. The number of hydroxylamine groups is 2. The highest BCUT2D eigenvalue weighted by Crippen LogP contribution is 2.15. The number of allylic oxidation sites excluding steroid dienone is 1. The third-order valence-electron chi connectivity index (χ3n) is 7.24. The number of aliphatic hydroxyl groups excluding tert-OH is 2. The van der Waals surface area contributed by atoms with Gasteiger partial charge in [-0.2, -0.15) is 0 Å². The highest BCUT2D eigenvalue weighted by molar-refractivity contribution is 4.76. The molecule has 38 heavy (non-hydrogen) atoms. The smallest absolute Gasteiger partial charge is 0.0797 e. The van der Waals surface area contributed by atoms with Crippen molar-refractivity contribution in [3.05, 3.63) is 12.3 Å². The van der Waals surface area contributed by atoms with Crippen LogP contribution in [0.1, 0.15) is 174 Å². The van der Waals surface area contributed by atoms with E-state index in [0.717, 1.165) is 6.42 Å². The van der Waals surface area contributed by atoms with E-state index in [9.17, 15) is 0 Å². The summed E-state index contributed by atoms with van der Waals surface area (Å²) in [5, 5.41) is 19.1.